The minimum Gasteiger partial charge on any atom is -0.324 e. The van der Waals surface area contributed by atoms with Crippen LogP contribution in [0.1, 0.15) is 24.0 Å². The summed E-state index contributed by atoms with van der Waals surface area (Å²) in [4.78, 5) is 21.6. The second-order valence-corrected chi connectivity index (χ2v) is 8.22. The van der Waals surface area contributed by atoms with E-state index in [1.807, 2.05) is 35.4 Å². The van der Waals surface area contributed by atoms with Gasteiger partial charge in [0.2, 0.25) is 0 Å². The van der Waals surface area contributed by atoms with E-state index in [2.05, 4.69) is 48.1 Å². The Morgan fingerprint density at radius 3 is 2.43 bits per heavy atom. The van der Waals surface area contributed by atoms with Crippen molar-refractivity contribution in [2.24, 2.45) is 0 Å². The van der Waals surface area contributed by atoms with Crippen molar-refractivity contribution >= 4 is 29.2 Å². The number of aryl methyl sites for hydroxylation is 1. The molecule has 0 aromatic heterocycles. The second kappa shape index (κ2) is 7.89. The first-order chi connectivity index (χ1) is 13.6. The van der Waals surface area contributed by atoms with Crippen LogP contribution >= 0.6 is 11.8 Å². The highest BCUT2D eigenvalue weighted by molar-refractivity contribution is 7.98. The van der Waals surface area contributed by atoms with E-state index in [-0.39, 0.29) is 11.6 Å². The molecule has 2 N–H and O–H groups in total. The van der Waals surface area contributed by atoms with Crippen LogP contribution in [0.5, 0.6) is 0 Å². The van der Waals surface area contributed by atoms with E-state index >= 15 is 0 Å². The lowest BCUT2D eigenvalue weighted by molar-refractivity contribution is -0.0634. The highest BCUT2D eigenvalue weighted by atomic mass is 32.2. The third-order valence-corrected chi connectivity index (χ3v) is 6.12. The molecule has 146 valence electrons. The van der Waals surface area contributed by atoms with Gasteiger partial charge in [-0.1, -0.05) is 29.8 Å². The minimum atomic E-state index is -0.336. The summed E-state index contributed by atoms with van der Waals surface area (Å²) in [5.41, 5.74) is 6.94. The lowest BCUT2D eigenvalue weighted by atomic mass is 9.90. The Hall–Kier alpha value is -2.44. The summed E-state index contributed by atoms with van der Waals surface area (Å²) in [5.74, 6) is 0. The van der Waals surface area contributed by atoms with Gasteiger partial charge in [0.15, 0.2) is 0 Å². The molecule has 2 amide bonds. The molecule has 5 nitrogen and oxygen atoms in total. The molecule has 2 heterocycles. The van der Waals surface area contributed by atoms with Crippen LogP contribution in [0.4, 0.5) is 10.5 Å². The minimum absolute atomic E-state index is 0.0551. The van der Waals surface area contributed by atoms with Gasteiger partial charge in [-0.15, -0.1) is 11.8 Å². The van der Waals surface area contributed by atoms with Crippen molar-refractivity contribution in [3.8, 4) is 0 Å². The number of carbonyl (C=O) groups is 1. The largest absolute Gasteiger partial charge is 0.324 e. The van der Waals surface area contributed by atoms with Gasteiger partial charge in [0.1, 0.15) is 5.60 Å². The van der Waals surface area contributed by atoms with Crippen LogP contribution in [0.3, 0.4) is 0 Å². The molecule has 0 radical (unpaired) electrons. The fourth-order valence-corrected chi connectivity index (χ4v) is 3.97. The van der Waals surface area contributed by atoms with Gasteiger partial charge in [0.05, 0.1) is 5.70 Å². The number of carbonyl (C=O) groups excluding carboxylic acids is 1. The number of hydroxylamine groups is 1. The molecule has 0 bridgehead atoms. The molecule has 2 aromatic rings. The Morgan fingerprint density at radius 2 is 1.79 bits per heavy atom. The lowest BCUT2D eigenvalue weighted by Gasteiger charge is -2.36. The molecule has 0 atom stereocenters. The predicted molar refractivity (Wildman–Crippen MR) is 114 cm³/mol. The number of urea groups is 1. The number of likely N-dealkylation sites (tertiary alicyclic amines) is 1. The topological polar surface area (TPSA) is 53.6 Å². The van der Waals surface area contributed by atoms with Gasteiger partial charge in [-0.05, 0) is 49.1 Å². The van der Waals surface area contributed by atoms with Crippen LogP contribution in [0, 0.1) is 6.92 Å². The molecule has 0 saturated carbocycles. The van der Waals surface area contributed by atoms with Gasteiger partial charge < -0.3 is 10.2 Å². The summed E-state index contributed by atoms with van der Waals surface area (Å²) >= 11 is 1.69. The molecule has 2 aliphatic heterocycles. The number of anilines is 1. The van der Waals surface area contributed by atoms with Crippen LogP contribution in [-0.4, -0.2) is 35.9 Å². The lowest BCUT2D eigenvalue weighted by Crippen LogP contribution is -2.48. The third-order valence-electron chi connectivity index (χ3n) is 5.37. The fourth-order valence-electron chi connectivity index (χ4n) is 3.57. The van der Waals surface area contributed by atoms with Crippen molar-refractivity contribution in [2.45, 2.75) is 30.3 Å². The van der Waals surface area contributed by atoms with E-state index in [0.717, 1.165) is 29.8 Å². The normalized spacial score (nSPS) is 17.9. The summed E-state index contributed by atoms with van der Waals surface area (Å²) < 4.78 is 0. The van der Waals surface area contributed by atoms with Crippen molar-refractivity contribution in [2.75, 3.05) is 24.7 Å². The van der Waals surface area contributed by atoms with Crippen molar-refractivity contribution in [1.29, 1.82) is 0 Å². The Balaban J connectivity index is 1.36. The van der Waals surface area contributed by atoms with Crippen LogP contribution in [-0.2, 0) is 4.84 Å². The first kappa shape index (κ1) is 18.9. The molecule has 2 aliphatic rings. The van der Waals surface area contributed by atoms with Gasteiger partial charge in [0.25, 0.3) is 0 Å². The maximum absolute atomic E-state index is 12.6. The number of hydrogen-bond donors (Lipinski definition) is 2. The monoisotopic (exact) mass is 395 g/mol. The SMILES string of the molecule is CSc1ccc(NC(=O)N2CCC3(C=C(c4ccc(C)cc4)NO3)CC2)cc1. The van der Waals surface area contributed by atoms with Crippen molar-refractivity contribution < 1.29 is 9.63 Å². The van der Waals surface area contributed by atoms with Crippen molar-refractivity contribution in [3.63, 3.8) is 0 Å². The molecule has 6 heteroatoms. The summed E-state index contributed by atoms with van der Waals surface area (Å²) in [6.07, 6.45) is 5.76. The highest BCUT2D eigenvalue weighted by Crippen LogP contribution is 2.34. The number of nitrogens with one attached hydrogen (secondary N) is 2. The summed E-state index contributed by atoms with van der Waals surface area (Å²) in [6, 6.07) is 16.2. The number of amides is 2. The molecule has 1 fully saturated rings. The second-order valence-electron chi connectivity index (χ2n) is 7.34. The molecule has 0 unspecified atom stereocenters. The summed E-state index contributed by atoms with van der Waals surface area (Å²) in [5, 5.41) is 2.99. The zero-order valence-electron chi connectivity index (χ0n) is 16.2. The van der Waals surface area contributed by atoms with Crippen molar-refractivity contribution in [3.05, 3.63) is 65.7 Å². The van der Waals surface area contributed by atoms with Gasteiger partial charge in [-0.25, -0.2) is 4.79 Å². The quantitative estimate of drug-likeness (QED) is 0.742. The molecule has 4 rings (SSSR count). The Kier molecular flexibility index (Phi) is 5.33. The maximum Gasteiger partial charge on any atom is 0.321 e. The van der Waals surface area contributed by atoms with Crippen molar-refractivity contribution in [1.82, 2.24) is 10.4 Å². The summed E-state index contributed by atoms with van der Waals surface area (Å²) in [6.45, 7) is 3.40. The average molecular weight is 396 g/mol. The number of thioether (sulfide) groups is 1. The number of hydrogen-bond acceptors (Lipinski definition) is 4. The Morgan fingerprint density at radius 1 is 1.11 bits per heavy atom. The smallest absolute Gasteiger partial charge is 0.321 e. The molecule has 1 saturated heterocycles. The number of rotatable bonds is 3. The van der Waals surface area contributed by atoms with Crippen LogP contribution in [0.25, 0.3) is 5.70 Å². The predicted octanol–water partition coefficient (Wildman–Crippen LogP) is 4.66. The zero-order valence-corrected chi connectivity index (χ0v) is 17.0. The molecule has 1 spiro atoms. The first-order valence-electron chi connectivity index (χ1n) is 9.51. The third kappa shape index (κ3) is 4.03. The van der Waals surface area contributed by atoms with Crippen LogP contribution < -0.4 is 10.8 Å². The van der Waals surface area contributed by atoms with Crippen LogP contribution in [0.2, 0.25) is 0 Å². The molecule has 2 aromatic carbocycles. The average Bonchev–Trinajstić information content (AvgIpc) is 3.13. The zero-order chi connectivity index (χ0) is 19.6. The van der Waals surface area contributed by atoms with E-state index in [0.29, 0.717) is 13.1 Å². The molecular weight excluding hydrogens is 370 g/mol. The number of benzene rings is 2. The van der Waals surface area contributed by atoms with E-state index in [1.54, 1.807) is 11.8 Å². The molecular formula is C22H25N3O2S. The van der Waals surface area contributed by atoms with Gasteiger partial charge in [0, 0.05) is 36.5 Å². The van der Waals surface area contributed by atoms with E-state index in [4.69, 9.17) is 4.84 Å². The van der Waals surface area contributed by atoms with Gasteiger partial charge >= 0.3 is 6.03 Å². The standard InChI is InChI=1S/C22H25N3O2S/c1-16-3-5-17(6-4-16)20-15-22(27-24-20)11-13-25(14-12-22)21(26)23-18-7-9-19(28-2)10-8-18/h3-10,15,24H,11-14H2,1-2H3,(H,23,26). The van der Waals surface area contributed by atoms with Gasteiger partial charge in [-0.2, -0.15) is 0 Å². The summed E-state index contributed by atoms with van der Waals surface area (Å²) in [7, 11) is 0. The fraction of sp³-hybridized carbons (Fsp3) is 0.318. The van der Waals surface area contributed by atoms with Crippen LogP contribution in [0.15, 0.2) is 59.5 Å². The highest BCUT2D eigenvalue weighted by Gasteiger charge is 2.39. The number of nitrogens with zero attached hydrogens (tertiary/aromatic N) is 1. The van der Waals surface area contributed by atoms with E-state index in [1.165, 1.54) is 10.5 Å². The maximum atomic E-state index is 12.6. The molecule has 0 aliphatic carbocycles. The van der Waals surface area contributed by atoms with Gasteiger partial charge in [-0.3, -0.25) is 10.3 Å². The van der Waals surface area contributed by atoms with E-state index in [9.17, 15) is 4.79 Å². The number of piperidine rings is 1. The first-order valence-corrected chi connectivity index (χ1v) is 10.7. The van der Waals surface area contributed by atoms with E-state index < -0.39 is 0 Å². The molecule has 28 heavy (non-hydrogen) atoms. The Bertz CT molecular complexity index is 870. The Labute approximate surface area is 170 Å².